The molecular formula is C21H25F2N3S. The summed E-state index contributed by atoms with van der Waals surface area (Å²) in [5.41, 5.74) is 2.77. The van der Waals surface area contributed by atoms with Crippen molar-refractivity contribution in [3.8, 4) is 0 Å². The molecule has 0 spiro atoms. The molecule has 144 valence electrons. The maximum Gasteiger partial charge on any atom is 0.171 e. The highest BCUT2D eigenvalue weighted by Crippen LogP contribution is 2.24. The largest absolute Gasteiger partial charge is 0.371 e. The number of thiocarbonyl (C=S) groups is 1. The van der Waals surface area contributed by atoms with Gasteiger partial charge in [-0.25, -0.2) is 8.78 Å². The van der Waals surface area contributed by atoms with E-state index in [0.29, 0.717) is 10.8 Å². The summed E-state index contributed by atoms with van der Waals surface area (Å²) in [5, 5.41) is 6.42. The maximum atomic E-state index is 13.3. The van der Waals surface area contributed by atoms with Crippen LogP contribution in [0.2, 0.25) is 0 Å². The summed E-state index contributed by atoms with van der Waals surface area (Å²) < 4.78 is 26.3. The molecule has 2 atom stereocenters. The molecule has 0 amide bonds. The number of halogens is 2. The number of nitrogens with zero attached hydrogens (tertiary/aromatic N) is 1. The van der Waals surface area contributed by atoms with E-state index in [9.17, 15) is 8.78 Å². The number of hydrogen-bond donors (Lipinski definition) is 2. The third-order valence-corrected chi connectivity index (χ3v) is 5.16. The zero-order chi connectivity index (χ0) is 19.4. The number of benzene rings is 2. The van der Waals surface area contributed by atoms with Crippen LogP contribution in [0.25, 0.3) is 0 Å². The van der Waals surface area contributed by atoms with Crippen LogP contribution in [0.1, 0.15) is 38.3 Å². The Morgan fingerprint density at radius 1 is 1.15 bits per heavy atom. The van der Waals surface area contributed by atoms with Crippen molar-refractivity contribution in [1.29, 1.82) is 0 Å². The number of anilines is 2. The predicted octanol–water partition coefficient (Wildman–Crippen LogP) is 5.25. The van der Waals surface area contributed by atoms with E-state index in [1.165, 1.54) is 24.6 Å². The molecule has 0 aromatic heterocycles. The summed E-state index contributed by atoms with van der Waals surface area (Å²) in [6.45, 7) is 6.53. The minimum Gasteiger partial charge on any atom is -0.371 e. The van der Waals surface area contributed by atoms with Gasteiger partial charge in [0.05, 0.1) is 6.04 Å². The molecule has 1 aliphatic rings. The first-order valence-electron chi connectivity index (χ1n) is 9.30. The molecule has 3 nitrogen and oxygen atoms in total. The van der Waals surface area contributed by atoms with Gasteiger partial charge in [-0.15, -0.1) is 0 Å². The van der Waals surface area contributed by atoms with Crippen LogP contribution in [0, 0.1) is 17.6 Å². The average Bonchev–Trinajstić information content (AvgIpc) is 2.65. The summed E-state index contributed by atoms with van der Waals surface area (Å²) in [4.78, 5) is 2.44. The molecule has 3 rings (SSSR count). The highest BCUT2D eigenvalue weighted by molar-refractivity contribution is 7.80. The zero-order valence-electron chi connectivity index (χ0n) is 15.6. The SMILES string of the molecule is C[C@H]1CCCN(c2ccc([C@H](C)NC(=S)Nc3ccc(F)c(F)c3)cc2)C1. The molecule has 2 aromatic carbocycles. The van der Waals surface area contributed by atoms with Crippen LogP contribution in [-0.4, -0.2) is 18.2 Å². The second kappa shape index (κ2) is 8.65. The van der Waals surface area contributed by atoms with E-state index in [1.54, 1.807) is 0 Å². The first-order chi connectivity index (χ1) is 12.9. The van der Waals surface area contributed by atoms with Crippen LogP contribution in [0.15, 0.2) is 42.5 Å². The molecule has 1 heterocycles. The molecular weight excluding hydrogens is 364 g/mol. The van der Waals surface area contributed by atoms with Crippen molar-refractivity contribution in [3.05, 3.63) is 59.7 Å². The van der Waals surface area contributed by atoms with Crippen LogP contribution in [-0.2, 0) is 0 Å². The fraction of sp³-hybridized carbons (Fsp3) is 0.381. The molecule has 2 aromatic rings. The topological polar surface area (TPSA) is 27.3 Å². The number of hydrogen-bond acceptors (Lipinski definition) is 2. The summed E-state index contributed by atoms with van der Waals surface area (Å²) in [7, 11) is 0. The van der Waals surface area contributed by atoms with Crippen LogP contribution in [0.3, 0.4) is 0 Å². The van der Waals surface area contributed by atoms with E-state index in [0.717, 1.165) is 36.7 Å². The number of nitrogens with one attached hydrogen (secondary N) is 2. The van der Waals surface area contributed by atoms with Crippen molar-refractivity contribution in [1.82, 2.24) is 5.32 Å². The lowest BCUT2D eigenvalue weighted by Gasteiger charge is -2.33. The fourth-order valence-corrected chi connectivity index (χ4v) is 3.71. The Hall–Kier alpha value is -2.21. The Morgan fingerprint density at radius 3 is 2.56 bits per heavy atom. The second-order valence-electron chi connectivity index (χ2n) is 7.23. The maximum absolute atomic E-state index is 13.3. The van der Waals surface area contributed by atoms with Gasteiger partial charge in [-0.2, -0.15) is 0 Å². The Morgan fingerprint density at radius 2 is 1.89 bits per heavy atom. The highest BCUT2D eigenvalue weighted by Gasteiger charge is 2.17. The monoisotopic (exact) mass is 389 g/mol. The minimum absolute atomic E-state index is 0.00961. The summed E-state index contributed by atoms with van der Waals surface area (Å²) in [6, 6.07) is 12.1. The van der Waals surface area contributed by atoms with Gasteiger partial charge < -0.3 is 15.5 Å². The molecule has 0 saturated carbocycles. The molecule has 6 heteroatoms. The average molecular weight is 390 g/mol. The van der Waals surface area contributed by atoms with Crippen molar-refractivity contribution in [2.75, 3.05) is 23.3 Å². The van der Waals surface area contributed by atoms with Crippen LogP contribution >= 0.6 is 12.2 Å². The molecule has 1 fully saturated rings. The second-order valence-corrected chi connectivity index (χ2v) is 7.64. The quantitative estimate of drug-likeness (QED) is 0.699. The van der Waals surface area contributed by atoms with Gasteiger partial charge in [0.25, 0.3) is 0 Å². The Kier molecular flexibility index (Phi) is 6.26. The van der Waals surface area contributed by atoms with Gasteiger partial charge in [0, 0.05) is 30.5 Å². The van der Waals surface area contributed by atoms with E-state index < -0.39 is 11.6 Å². The smallest absolute Gasteiger partial charge is 0.171 e. The van der Waals surface area contributed by atoms with Crippen molar-refractivity contribution in [2.24, 2.45) is 5.92 Å². The van der Waals surface area contributed by atoms with E-state index >= 15 is 0 Å². The fourth-order valence-electron chi connectivity index (χ4n) is 3.42. The predicted molar refractivity (Wildman–Crippen MR) is 111 cm³/mol. The van der Waals surface area contributed by atoms with Gasteiger partial charge in [0.2, 0.25) is 0 Å². The summed E-state index contributed by atoms with van der Waals surface area (Å²) in [5.74, 6) is -1.05. The molecule has 1 saturated heterocycles. The molecule has 2 N–H and O–H groups in total. The van der Waals surface area contributed by atoms with Gasteiger partial charge in [-0.3, -0.25) is 0 Å². The highest BCUT2D eigenvalue weighted by atomic mass is 32.1. The van der Waals surface area contributed by atoms with Crippen LogP contribution in [0.4, 0.5) is 20.2 Å². The number of rotatable bonds is 4. The first kappa shape index (κ1) is 19.5. The standard InChI is InChI=1S/C21H25F2N3S/c1-14-4-3-11-26(13-14)18-8-5-16(6-9-18)15(2)24-21(27)25-17-7-10-19(22)20(23)12-17/h5-10,12,14-15H,3-4,11,13H2,1-2H3,(H2,24,25,27)/t14-,15-/m0/s1. The van der Waals surface area contributed by atoms with Crippen molar-refractivity contribution >= 4 is 28.7 Å². The van der Waals surface area contributed by atoms with E-state index in [-0.39, 0.29) is 6.04 Å². The van der Waals surface area contributed by atoms with Gasteiger partial charge in [-0.1, -0.05) is 19.1 Å². The first-order valence-corrected chi connectivity index (χ1v) is 9.70. The van der Waals surface area contributed by atoms with Gasteiger partial charge in [-0.05, 0) is 67.7 Å². The molecule has 0 unspecified atom stereocenters. The normalized spacial score (nSPS) is 18.1. The van der Waals surface area contributed by atoms with Gasteiger partial charge in [0.1, 0.15) is 0 Å². The lowest BCUT2D eigenvalue weighted by molar-refractivity contribution is 0.447. The Labute approximate surface area is 164 Å². The molecule has 0 bridgehead atoms. The van der Waals surface area contributed by atoms with Crippen molar-refractivity contribution in [3.63, 3.8) is 0 Å². The summed E-state index contributed by atoms with van der Waals surface area (Å²) in [6.07, 6.45) is 2.54. The Bertz CT molecular complexity index is 795. The Balaban J connectivity index is 1.57. The zero-order valence-corrected chi connectivity index (χ0v) is 16.5. The van der Waals surface area contributed by atoms with E-state index in [2.05, 4.69) is 46.7 Å². The molecule has 1 aliphatic heterocycles. The third-order valence-electron chi connectivity index (χ3n) is 4.94. The molecule has 0 radical (unpaired) electrons. The number of piperidine rings is 1. The summed E-state index contributed by atoms with van der Waals surface area (Å²) >= 11 is 5.28. The minimum atomic E-state index is -0.904. The molecule has 0 aliphatic carbocycles. The van der Waals surface area contributed by atoms with Gasteiger partial charge >= 0.3 is 0 Å². The van der Waals surface area contributed by atoms with Gasteiger partial charge in [0.15, 0.2) is 16.7 Å². The third kappa shape index (κ3) is 5.16. The lowest BCUT2D eigenvalue weighted by Crippen LogP contribution is -2.34. The van der Waals surface area contributed by atoms with Crippen molar-refractivity contribution in [2.45, 2.75) is 32.7 Å². The van der Waals surface area contributed by atoms with Crippen LogP contribution in [0.5, 0.6) is 0 Å². The lowest BCUT2D eigenvalue weighted by atomic mass is 9.99. The van der Waals surface area contributed by atoms with Crippen LogP contribution < -0.4 is 15.5 Å². The van der Waals surface area contributed by atoms with Crippen molar-refractivity contribution < 1.29 is 8.78 Å². The van der Waals surface area contributed by atoms with E-state index in [1.807, 2.05) is 6.92 Å². The van der Waals surface area contributed by atoms with E-state index in [4.69, 9.17) is 12.2 Å². The molecule has 27 heavy (non-hydrogen) atoms.